The Hall–Kier alpha value is -1.62. The highest BCUT2D eigenvalue weighted by molar-refractivity contribution is 7.80. The maximum Gasteiger partial charge on any atom is 0.258 e. The lowest BCUT2D eigenvalue weighted by molar-refractivity contribution is 0.0977. The molecule has 0 aliphatic heterocycles. The van der Waals surface area contributed by atoms with E-state index in [1.807, 2.05) is 30.3 Å². The first-order valence-electron chi connectivity index (χ1n) is 6.64. The van der Waals surface area contributed by atoms with Gasteiger partial charge in [0.15, 0.2) is 5.11 Å². The minimum Gasteiger partial charge on any atom is -0.362 e. The van der Waals surface area contributed by atoms with Crippen molar-refractivity contribution in [2.24, 2.45) is 0 Å². The molecule has 0 unspecified atom stereocenters. The first-order chi connectivity index (χ1) is 10.6. The highest BCUT2D eigenvalue weighted by atomic mass is 35.5. The summed E-state index contributed by atoms with van der Waals surface area (Å²) in [4.78, 5) is 12.1. The fraction of sp³-hybridized carbons (Fsp3) is 0.125. The van der Waals surface area contributed by atoms with Crippen molar-refractivity contribution >= 4 is 46.4 Å². The van der Waals surface area contributed by atoms with Crippen molar-refractivity contribution in [3.63, 3.8) is 0 Å². The van der Waals surface area contributed by atoms with Crippen molar-refractivity contribution in [2.45, 2.75) is 6.42 Å². The standard InChI is InChI=1S/C16H14Cl2N2OS/c17-12-6-7-13(14(18)10-12)15(21)20-16(22)19-9-8-11-4-2-1-3-5-11/h1-7,10H,8-9H2,(H2,19,20,21,22). The molecule has 1 amide bonds. The number of carbonyl (C=O) groups is 1. The maximum absolute atomic E-state index is 12.1. The quantitative estimate of drug-likeness (QED) is 0.821. The van der Waals surface area contributed by atoms with Gasteiger partial charge in [0.1, 0.15) is 0 Å². The molecular formula is C16H14Cl2N2OS. The SMILES string of the molecule is O=C(NC(=S)NCCc1ccccc1)c1ccc(Cl)cc1Cl. The first-order valence-corrected chi connectivity index (χ1v) is 7.81. The molecular weight excluding hydrogens is 339 g/mol. The van der Waals surface area contributed by atoms with Crippen LogP contribution >= 0.6 is 35.4 Å². The number of hydrogen-bond donors (Lipinski definition) is 2. The summed E-state index contributed by atoms with van der Waals surface area (Å²) in [7, 11) is 0. The van der Waals surface area contributed by atoms with Crippen LogP contribution < -0.4 is 10.6 Å². The van der Waals surface area contributed by atoms with Crippen LogP contribution in [0.15, 0.2) is 48.5 Å². The lowest BCUT2D eigenvalue weighted by atomic mass is 10.1. The molecule has 0 bridgehead atoms. The highest BCUT2D eigenvalue weighted by Gasteiger charge is 2.11. The summed E-state index contributed by atoms with van der Waals surface area (Å²) in [5.74, 6) is -0.362. The number of carbonyl (C=O) groups excluding carboxylic acids is 1. The molecule has 0 aliphatic carbocycles. The zero-order chi connectivity index (χ0) is 15.9. The predicted octanol–water partition coefficient (Wildman–Crippen LogP) is 3.84. The average molecular weight is 353 g/mol. The van der Waals surface area contributed by atoms with Gasteiger partial charge >= 0.3 is 0 Å². The maximum atomic E-state index is 12.1. The van der Waals surface area contributed by atoms with Crippen LogP contribution in [-0.2, 0) is 6.42 Å². The molecule has 0 aliphatic rings. The van der Waals surface area contributed by atoms with Crippen LogP contribution in [0, 0.1) is 0 Å². The van der Waals surface area contributed by atoms with Crippen molar-refractivity contribution < 1.29 is 4.79 Å². The Balaban J connectivity index is 1.82. The molecule has 6 heteroatoms. The number of hydrogen-bond acceptors (Lipinski definition) is 2. The fourth-order valence-electron chi connectivity index (χ4n) is 1.85. The van der Waals surface area contributed by atoms with Gasteiger partial charge in [0.2, 0.25) is 0 Å². The number of benzene rings is 2. The summed E-state index contributed by atoms with van der Waals surface area (Å²) < 4.78 is 0. The Morgan fingerprint density at radius 2 is 1.82 bits per heavy atom. The molecule has 2 rings (SSSR count). The van der Waals surface area contributed by atoms with E-state index < -0.39 is 0 Å². The van der Waals surface area contributed by atoms with E-state index in [9.17, 15) is 4.79 Å². The van der Waals surface area contributed by atoms with E-state index in [1.54, 1.807) is 12.1 Å². The Morgan fingerprint density at radius 1 is 1.09 bits per heavy atom. The van der Waals surface area contributed by atoms with Gasteiger partial charge in [-0.2, -0.15) is 0 Å². The lowest BCUT2D eigenvalue weighted by Gasteiger charge is -2.10. The van der Waals surface area contributed by atoms with Crippen LogP contribution in [0.2, 0.25) is 10.0 Å². The first kappa shape index (κ1) is 16.7. The summed E-state index contributed by atoms with van der Waals surface area (Å²) in [6.07, 6.45) is 0.818. The topological polar surface area (TPSA) is 41.1 Å². The summed E-state index contributed by atoms with van der Waals surface area (Å²) in [6, 6.07) is 14.7. The molecule has 2 aromatic carbocycles. The number of thiocarbonyl (C=S) groups is 1. The number of nitrogens with one attached hydrogen (secondary N) is 2. The van der Waals surface area contributed by atoms with Gasteiger partial charge in [-0.05, 0) is 42.4 Å². The Bertz CT molecular complexity index is 677. The van der Waals surface area contributed by atoms with Crippen LogP contribution in [0.3, 0.4) is 0 Å². The van der Waals surface area contributed by atoms with E-state index in [4.69, 9.17) is 35.4 Å². The number of halogens is 2. The molecule has 0 aromatic heterocycles. The minimum atomic E-state index is -0.362. The highest BCUT2D eigenvalue weighted by Crippen LogP contribution is 2.20. The van der Waals surface area contributed by atoms with Crippen molar-refractivity contribution in [3.8, 4) is 0 Å². The number of amides is 1. The van der Waals surface area contributed by atoms with Crippen LogP contribution in [0.4, 0.5) is 0 Å². The molecule has 0 atom stereocenters. The van der Waals surface area contributed by atoms with E-state index in [-0.39, 0.29) is 16.0 Å². The van der Waals surface area contributed by atoms with Crippen LogP contribution in [0.5, 0.6) is 0 Å². The van der Waals surface area contributed by atoms with Gasteiger partial charge in [0.05, 0.1) is 10.6 Å². The van der Waals surface area contributed by atoms with Crippen molar-refractivity contribution in [1.29, 1.82) is 0 Å². The monoisotopic (exact) mass is 352 g/mol. The summed E-state index contributed by atoms with van der Waals surface area (Å²) in [6.45, 7) is 0.636. The lowest BCUT2D eigenvalue weighted by Crippen LogP contribution is -2.40. The summed E-state index contributed by atoms with van der Waals surface area (Å²) in [5, 5.41) is 6.63. The predicted molar refractivity (Wildman–Crippen MR) is 94.7 cm³/mol. The minimum absolute atomic E-state index is 0.270. The Morgan fingerprint density at radius 3 is 2.50 bits per heavy atom. The van der Waals surface area contributed by atoms with E-state index in [1.165, 1.54) is 11.6 Å². The number of rotatable bonds is 4. The molecule has 114 valence electrons. The smallest absolute Gasteiger partial charge is 0.258 e. The van der Waals surface area contributed by atoms with Gasteiger partial charge in [-0.3, -0.25) is 10.1 Å². The third-order valence-electron chi connectivity index (χ3n) is 2.94. The molecule has 0 fully saturated rings. The molecule has 0 radical (unpaired) electrons. The van der Waals surface area contributed by atoms with Gasteiger partial charge in [-0.15, -0.1) is 0 Å². The second-order valence-corrected chi connectivity index (χ2v) is 5.82. The molecule has 3 nitrogen and oxygen atoms in total. The van der Waals surface area contributed by atoms with E-state index in [0.29, 0.717) is 17.1 Å². The van der Waals surface area contributed by atoms with Crippen molar-refractivity contribution in [1.82, 2.24) is 10.6 Å². The molecule has 2 N–H and O–H groups in total. The molecule has 0 saturated carbocycles. The van der Waals surface area contributed by atoms with Crippen LogP contribution in [-0.4, -0.2) is 17.6 Å². The van der Waals surface area contributed by atoms with E-state index in [2.05, 4.69) is 10.6 Å². The summed E-state index contributed by atoms with van der Waals surface area (Å²) in [5.41, 5.74) is 1.53. The van der Waals surface area contributed by atoms with Crippen LogP contribution in [0.25, 0.3) is 0 Å². The van der Waals surface area contributed by atoms with Gasteiger partial charge in [0, 0.05) is 11.6 Å². The Kier molecular flexibility index (Phi) is 6.19. The van der Waals surface area contributed by atoms with E-state index in [0.717, 1.165) is 6.42 Å². The Labute approximate surface area is 144 Å². The third kappa shape index (κ3) is 4.98. The zero-order valence-electron chi connectivity index (χ0n) is 11.6. The van der Waals surface area contributed by atoms with Crippen molar-refractivity contribution in [2.75, 3.05) is 6.54 Å². The van der Waals surface area contributed by atoms with Crippen LogP contribution in [0.1, 0.15) is 15.9 Å². The largest absolute Gasteiger partial charge is 0.362 e. The van der Waals surface area contributed by atoms with Gasteiger partial charge in [-0.25, -0.2) is 0 Å². The molecule has 0 spiro atoms. The molecule has 2 aromatic rings. The van der Waals surface area contributed by atoms with Crippen molar-refractivity contribution in [3.05, 3.63) is 69.7 Å². The fourth-order valence-corrected chi connectivity index (χ4v) is 2.54. The second-order valence-electron chi connectivity index (χ2n) is 4.57. The third-order valence-corrected chi connectivity index (χ3v) is 3.74. The molecule has 0 saturated heterocycles. The van der Waals surface area contributed by atoms with E-state index >= 15 is 0 Å². The van der Waals surface area contributed by atoms with Gasteiger partial charge in [0.25, 0.3) is 5.91 Å². The zero-order valence-corrected chi connectivity index (χ0v) is 13.9. The summed E-state index contributed by atoms with van der Waals surface area (Å²) >= 11 is 16.9. The van der Waals surface area contributed by atoms with Gasteiger partial charge < -0.3 is 5.32 Å². The average Bonchev–Trinajstić information content (AvgIpc) is 2.48. The molecule has 0 heterocycles. The second kappa shape index (κ2) is 8.13. The normalized spacial score (nSPS) is 10.1. The van der Waals surface area contributed by atoms with Gasteiger partial charge in [-0.1, -0.05) is 53.5 Å². The molecule has 22 heavy (non-hydrogen) atoms.